The van der Waals surface area contributed by atoms with Gasteiger partial charge in [0.15, 0.2) is 16.3 Å². The first kappa shape index (κ1) is 30.6. The maximum atomic E-state index is 14.0. The summed E-state index contributed by atoms with van der Waals surface area (Å²) in [6, 6.07) is 19.1. The van der Waals surface area contributed by atoms with Crippen LogP contribution in [0, 0.1) is 0 Å². The van der Waals surface area contributed by atoms with E-state index in [2.05, 4.69) is 11.9 Å². The quantitative estimate of drug-likeness (QED) is 0.147. The number of nitrogens with zero attached hydrogens (tertiary/aromatic N) is 2. The Morgan fingerprint density at radius 1 is 1.07 bits per heavy atom. The van der Waals surface area contributed by atoms with Crippen LogP contribution in [0.2, 0.25) is 10.0 Å². The van der Waals surface area contributed by atoms with E-state index in [-0.39, 0.29) is 17.7 Å². The molecule has 0 bridgehead atoms. The average Bonchev–Trinajstić information content (AvgIpc) is 3.31. The fourth-order valence-electron chi connectivity index (χ4n) is 4.76. The average molecular weight is 638 g/mol. The van der Waals surface area contributed by atoms with Crippen LogP contribution in [0.1, 0.15) is 49.4 Å². The molecule has 1 aliphatic heterocycles. The Hall–Kier alpha value is -3.85. The second-order valence-corrected chi connectivity index (χ2v) is 11.8. The molecule has 2 heterocycles. The Morgan fingerprint density at radius 2 is 1.86 bits per heavy atom. The Kier molecular flexibility index (Phi) is 9.70. The fourth-order valence-corrected chi connectivity index (χ4v) is 6.26. The number of carbonyl (C=O) groups is 1. The highest BCUT2D eigenvalue weighted by atomic mass is 35.5. The minimum Gasteiger partial charge on any atom is -0.493 e. The van der Waals surface area contributed by atoms with Crippen molar-refractivity contribution in [3.63, 3.8) is 0 Å². The molecule has 10 heteroatoms. The molecule has 1 unspecified atom stereocenters. The summed E-state index contributed by atoms with van der Waals surface area (Å²) < 4.78 is 19.3. The number of unbranched alkanes of at least 4 members (excludes halogenated alkanes) is 1. The molecule has 5 rings (SSSR count). The first-order valence-electron chi connectivity index (χ1n) is 13.8. The number of benzene rings is 3. The zero-order chi connectivity index (χ0) is 30.5. The summed E-state index contributed by atoms with van der Waals surface area (Å²) in [5.41, 5.74) is 2.55. The van der Waals surface area contributed by atoms with Crippen LogP contribution in [0.25, 0.3) is 6.08 Å². The first-order valence-corrected chi connectivity index (χ1v) is 15.4. The highest BCUT2D eigenvalue weighted by molar-refractivity contribution is 7.07. The van der Waals surface area contributed by atoms with E-state index in [1.807, 2.05) is 36.4 Å². The van der Waals surface area contributed by atoms with Gasteiger partial charge in [-0.05, 0) is 60.4 Å². The Labute approximate surface area is 263 Å². The van der Waals surface area contributed by atoms with Gasteiger partial charge in [-0.25, -0.2) is 9.79 Å². The van der Waals surface area contributed by atoms with Crippen LogP contribution in [-0.2, 0) is 16.1 Å². The standard InChI is InChI=1S/C33H30Cl2N2O5S/c1-4-5-15-41-26-14-12-23(16-27(26)40-3)30-29(32(39)42-19-21-9-7-6-8-10-21)20(2)36-33-37(30)31(38)28(43-33)17-22-11-13-24(34)18-25(22)35/h6-14,16-18,30H,4-5,15,19H2,1-3H3/b28-17-. The maximum Gasteiger partial charge on any atom is 0.338 e. The topological polar surface area (TPSA) is 79.1 Å². The number of hydrogen-bond donors (Lipinski definition) is 0. The molecule has 222 valence electrons. The number of carbonyl (C=O) groups excluding carboxylic acids is 1. The Morgan fingerprint density at radius 3 is 2.58 bits per heavy atom. The van der Waals surface area contributed by atoms with Crippen molar-refractivity contribution in [3.05, 3.63) is 124 Å². The van der Waals surface area contributed by atoms with E-state index >= 15 is 0 Å². The molecule has 0 saturated heterocycles. The summed E-state index contributed by atoms with van der Waals surface area (Å²) in [4.78, 5) is 32.9. The zero-order valence-corrected chi connectivity index (χ0v) is 26.3. The Balaban J connectivity index is 1.63. The number of ether oxygens (including phenoxy) is 3. The molecule has 1 atom stereocenters. The molecule has 1 aliphatic rings. The molecular formula is C33H30Cl2N2O5S. The highest BCUT2D eigenvalue weighted by Gasteiger charge is 2.34. The third-order valence-electron chi connectivity index (χ3n) is 6.96. The predicted octanol–water partition coefficient (Wildman–Crippen LogP) is 6.47. The number of esters is 1. The summed E-state index contributed by atoms with van der Waals surface area (Å²) in [5, 5.41) is 0.911. The number of methoxy groups -OCH3 is 1. The van der Waals surface area contributed by atoms with Crippen molar-refractivity contribution in [2.75, 3.05) is 13.7 Å². The van der Waals surface area contributed by atoms with E-state index < -0.39 is 12.0 Å². The van der Waals surface area contributed by atoms with E-state index in [1.54, 1.807) is 50.4 Å². The van der Waals surface area contributed by atoms with Crippen molar-refractivity contribution < 1.29 is 19.0 Å². The number of rotatable bonds is 10. The molecule has 1 aromatic heterocycles. The minimum atomic E-state index is -0.819. The van der Waals surface area contributed by atoms with Gasteiger partial charge in [-0.1, -0.05) is 90.3 Å². The SMILES string of the molecule is CCCCOc1ccc(C2C(C(=O)OCc3ccccc3)=C(C)N=c3s/c(=C\c4ccc(Cl)cc4Cl)c(=O)n32)cc1OC. The van der Waals surface area contributed by atoms with Gasteiger partial charge in [0.2, 0.25) is 0 Å². The first-order chi connectivity index (χ1) is 20.8. The van der Waals surface area contributed by atoms with Gasteiger partial charge >= 0.3 is 5.97 Å². The summed E-state index contributed by atoms with van der Waals surface area (Å²) in [6.07, 6.45) is 3.60. The molecule has 0 aliphatic carbocycles. The van der Waals surface area contributed by atoms with E-state index in [0.717, 1.165) is 18.4 Å². The molecule has 0 N–H and O–H groups in total. The van der Waals surface area contributed by atoms with Gasteiger partial charge < -0.3 is 14.2 Å². The van der Waals surface area contributed by atoms with Crippen LogP contribution >= 0.6 is 34.5 Å². The normalized spacial score (nSPS) is 14.7. The van der Waals surface area contributed by atoms with Gasteiger partial charge in [0.1, 0.15) is 6.61 Å². The van der Waals surface area contributed by atoms with E-state index in [1.165, 1.54) is 15.9 Å². The summed E-state index contributed by atoms with van der Waals surface area (Å²) >= 11 is 13.7. The fraction of sp³-hybridized carbons (Fsp3) is 0.242. The molecule has 0 fully saturated rings. The van der Waals surface area contributed by atoms with Gasteiger partial charge in [0.25, 0.3) is 5.56 Å². The molecule has 3 aromatic carbocycles. The van der Waals surface area contributed by atoms with Crippen molar-refractivity contribution in [2.45, 2.75) is 39.3 Å². The monoisotopic (exact) mass is 636 g/mol. The smallest absolute Gasteiger partial charge is 0.338 e. The van der Waals surface area contributed by atoms with Crippen LogP contribution in [0.5, 0.6) is 11.5 Å². The van der Waals surface area contributed by atoms with Crippen molar-refractivity contribution in [3.8, 4) is 11.5 Å². The van der Waals surface area contributed by atoms with Gasteiger partial charge in [-0.3, -0.25) is 9.36 Å². The van der Waals surface area contributed by atoms with Crippen LogP contribution in [0.3, 0.4) is 0 Å². The summed E-state index contributed by atoms with van der Waals surface area (Å²) in [5.74, 6) is 0.515. The van der Waals surface area contributed by atoms with Crippen molar-refractivity contribution in [2.24, 2.45) is 4.99 Å². The van der Waals surface area contributed by atoms with Gasteiger partial charge in [0.05, 0.1) is 35.6 Å². The molecule has 0 saturated carbocycles. The molecule has 0 amide bonds. The molecule has 4 aromatic rings. The van der Waals surface area contributed by atoms with E-state index in [9.17, 15) is 9.59 Å². The van der Waals surface area contributed by atoms with Crippen molar-refractivity contribution in [1.29, 1.82) is 0 Å². The number of halogens is 2. The second-order valence-electron chi connectivity index (χ2n) is 9.92. The highest BCUT2D eigenvalue weighted by Crippen LogP contribution is 2.36. The van der Waals surface area contributed by atoms with E-state index in [0.29, 0.717) is 54.3 Å². The second kappa shape index (κ2) is 13.6. The Bertz CT molecular complexity index is 1860. The lowest BCUT2D eigenvalue weighted by Crippen LogP contribution is -2.39. The third kappa shape index (κ3) is 6.72. The van der Waals surface area contributed by atoms with Gasteiger partial charge in [-0.15, -0.1) is 0 Å². The van der Waals surface area contributed by atoms with E-state index in [4.69, 9.17) is 37.4 Å². The van der Waals surface area contributed by atoms with Gasteiger partial charge in [-0.2, -0.15) is 0 Å². The zero-order valence-electron chi connectivity index (χ0n) is 23.9. The lowest BCUT2D eigenvalue weighted by molar-refractivity contribution is -0.140. The molecule has 43 heavy (non-hydrogen) atoms. The predicted molar refractivity (Wildman–Crippen MR) is 170 cm³/mol. The minimum absolute atomic E-state index is 0.0796. The molecule has 0 spiro atoms. The third-order valence-corrected chi connectivity index (χ3v) is 8.51. The van der Waals surface area contributed by atoms with Gasteiger partial charge in [0, 0.05) is 10.0 Å². The molecule has 0 radical (unpaired) electrons. The molecule has 7 nitrogen and oxygen atoms in total. The number of fused-ring (bicyclic) bond motifs is 1. The number of aromatic nitrogens is 1. The van der Waals surface area contributed by atoms with Crippen LogP contribution in [-0.4, -0.2) is 24.3 Å². The van der Waals surface area contributed by atoms with Crippen LogP contribution < -0.4 is 24.4 Å². The van der Waals surface area contributed by atoms with Crippen LogP contribution in [0.4, 0.5) is 0 Å². The summed E-state index contributed by atoms with van der Waals surface area (Å²) in [7, 11) is 1.56. The van der Waals surface area contributed by atoms with Crippen molar-refractivity contribution >= 4 is 46.6 Å². The largest absolute Gasteiger partial charge is 0.493 e. The lowest BCUT2D eigenvalue weighted by atomic mass is 9.95. The van der Waals surface area contributed by atoms with Crippen LogP contribution in [0.15, 0.2) is 87.8 Å². The number of thiazole rings is 1. The maximum absolute atomic E-state index is 14.0. The lowest BCUT2D eigenvalue weighted by Gasteiger charge is -2.25. The summed E-state index contributed by atoms with van der Waals surface area (Å²) in [6.45, 7) is 4.47. The number of allylic oxidation sites excluding steroid dienone is 1. The number of hydrogen-bond acceptors (Lipinski definition) is 7. The molecular weight excluding hydrogens is 607 g/mol. The van der Waals surface area contributed by atoms with Crippen molar-refractivity contribution in [1.82, 2.24) is 4.57 Å².